The van der Waals surface area contributed by atoms with Crippen LogP contribution >= 0.6 is 15.9 Å². The summed E-state index contributed by atoms with van der Waals surface area (Å²) in [4.78, 5) is 13.5. The van der Waals surface area contributed by atoms with Crippen molar-refractivity contribution in [2.75, 3.05) is 45.2 Å². The van der Waals surface area contributed by atoms with Crippen molar-refractivity contribution in [3.63, 3.8) is 0 Å². The number of aliphatic imine (C=N–C) groups is 1. The van der Waals surface area contributed by atoms with Gasteiger partial charge in [-0.2, -0.15) is 0 Å². The van der Waals surface area contributed by atoms with Gasteiger partial charge >= 0.3 is 0 Å². The first kappa shape index (κ1) is 18.5. The van der Waals surface area contributed by atoms with Crippen LogP contribution < -0.4 is 15.0 Å². The molecule has 0 bridgehead atoms. The number of nitrogens with one attached hydrogen (secondary N) is 1. The molecule has 0 amide bonds. The maximum absolute atomic E-state index is 5.28. The van der Waals surface area contributed by atoms with E-state index in [-0.39, 0.29) is 0 Å². The Bertz CT molecular complexity index is 745. The van der Waals surface area contributed by atoms with E-state index in [1.165, 1.54) is 5.56 Å². The fraction of sp³-hybridized carbons (Fsp3) is 0.368. The second-order valence-corrected chi connectivity index (χ2v) is 6.89. The smallest absolute Gasteiger partial charge is 0.194 e. The molecule has 1 aliphatic rings. The minimum absolute atomic E-state index is 0.718. The molecule has 3 rings (SSSR count). The molecule has 0 atom stereocenters. The molecule has 26 heavy (non-hydrogen) atoms. The molecule has 1 aliphatic heterocycles. The Morgan fingerprint density at radius 1 is 1.23 bits per heavy atom. The topological polar surface area (TPSA) is 53.0 Å². The number of rotatable bonds is 4. The Morgan fingerprint density at radius 2 is 2.04 bits per heavy atom. The minimum Gasteiger partial charge on any atom is -0.496 e. The molecule has 0 radical (unpaired) electrons. The van der Waals surface area contributed by atoms with Crippen molar-refractivity contribution in [2.45, 2.75) is 6.54 Å². The monoisotopic (exact) mass is 417 g/mol. The zero-order valence-electron chi connectivity index (χ0n) is 15.2. The van der Waals surface area contributed by atoms with Crippen molar-refractivity contribution in [3.8, 4) is 5.75 Å². The van der Waals surface area contributed by atoms with Gasteiger partial charge in [0.15, 0.2) is 5.96 Å². The fourth-order valence-electron chi connectivity index (χ4n) is 3.02. The molecule has 0 aliphatic carbocycles. The molecule has 0 spiro atoms. The minimum atomic E-state index is 0.718. The van der Waals surface area contributed by atoms with Crippen LogP contribution in [0, 0.1) is 0 Å². The van der Waals surface area contributed by atoms with Gasteiger partial charge < -0.3 is 19.9 Å². The van der Waals surface area contributed by atoms with Crippen molar-refractivity contribution >= 4 is 27.7 Å². The molecule has 1 aromatic carbocycles. The molecule has 0 saturated carbocycles. The molecular formula is C19H24BrN5O. The van der Waals surface area contributed by atoms with Gasteiger partial charge in [-0.3, -0.25) is 4.99 Å². The SMILES string of the molecule is CN=C(NCc1ccc(OC)c(Br)c1)N1CCN(c2ccccn2)CC1. The molecule has 1 N–H and O–H groups in total. The molecule has 7 heteroatoms. The van der Waals surface area contributed by atoms with Crippen LogP contribution in [0.5, 0.6) is 5.75 Å². The second kappa shape index (κ2) is 8.89. The Balaban J connectivity index is 1.54. The van der Waals surface area contributed by atoms with Crippen molar-refractivity contribution in [1.29, 1.82) is 0 Å². The lowest BCUT2D eigenvalue weighted by atomic mass is 10.2. The summed E-state index contributed by atoms with van der Waals surface area (Å²) in [6.07, 6.45) is 1.84. The van der Waals surface area contributed by atoms with Gasteiger partial charge in [0.2, 0.25) is 0 Å². The normalized spacial score (nSPS) is 15.1. The summed E-state index contributed by atoms with van der Waals surface area (Å²) in [5.74, 6) is 2.81. The third kappa shape index (κ3) is 4.46. The van der Waals surface area contributed by atoms with Crippen LogP contribution in [-0.4, -0.2) is 56.2 Å². The molecular weight excluding hydrogens is 394 g/mol. The molecule has 2 heterocycles. The standard InChI is InChI=1S/C19H24BrN5O/c1-21-19(23-14-15-6-7-17(26-2)16(20)13-15)25-11-9-24(10-12-25)18-5-3-4-8-22-18/h3-8,13H,9-12,14H2,1-2H3,(H,21,23). The first-order chi connectivity index (χ1) is 12.7. The third-order valence-corrected chi connectivity index (χ3v) is 5.05. The van der Waals surface area contributed by atoms with E-state index in [4.69, 9.17) is 4.74 Å². The van der Waals surface area contributed by atoms with Crippen LogP contribution in [0.4, 0.5) is 5.82 Å². The van der Waals surface area contributed by atoms with Gasteiger partial charge in [0.05, 0.1) is 11.6 Å². The van der Waals surface area contributed by atoms with Gasteiger partial charge in [0.1, 0.15) is 11.6 Å². The van der Waals surface area contributed by atoms with E-state index < -0.39 is 0 Å². The van der Waals surface area contributed by atoms with Crippen molar-refractivity contribution < 1.29 is 4.74 Å². The number of methoxy groups -OCH3 is 1. The van der Waals surface area contributed by atoms with Gasteiger partial charge in [0, 0.05) is 46.0 Å². The maximum atomic E-state index is 5.28. The number of aromatic nitrogens is 1. The van der Waals surface area contributed by atoms with E-state index in [1.54, 1.807) is 7.11 Å². The summed E-state index contributed by atoms with van der Waals surface area (Å²) in [5, 5.41) is 3.45. The van der Waals surface area contributed by atoms with Gasteiger partial charge in [-0.05, 0) is 45.8 Å². The van der Waals surface area contributed by atoms with Crippen LogP contribution in [0.15, 0.2) is 52.1 Å². The highest BCUT2D eigenvalue weighted by Gasteiger charge is 2.20. The van der Waals surface area contributed by atoms with E-state index in [9.17, 15) is 0 Å². The Hall–Kier alpha value is -2.28. The molecule has 6 nitrogen and oxygen atoms in total. The fourth-order valence-corrected chi connectivity index (χ4v) is 3.61. The van der Waals surface area contributed by atoms with Crippen molar-refractivity contribution in [3.05, 3.63) is 52.6 Å². The van der Waals surface area contributed by atoms with E-state index in [1.807, 2.05) is 31.4 Å². The lowest BCUT2D eigenvalue weighted by Gasteiger charge is -2.37. The number of hydrogen-bond donors (Lipinski definition) is 1. The van der Waals surface area contributed by atoms with Crippen LogP contribution in [0.25, 0.3) is 0 Å². The first-order valence-corrected chi connectivity index (χ1v) is 9.44. The van der Waals surface area contributed by atoms with Crippen LogP contribution in [0.1, 0.15) is 5.56 Å². The van der Waals surface area contributed by atoms with Crippen LogP contribution in [0.2, 0.25) is 0 Å². The highest BCUT2D eigenvalue weighted by molar-refractivity contribution is 9.10. The average molecular weight is 418 g/mol. The number of hydrogen-bond acceptors (Lipinski definition) is 4. The number of guanidine groups is 1. The average Bonchev–Trinajstić information content (AvgIpc) is 2.70. The van der Waals surface area contributed by atoms with Gasteiger partial charge in [-0.25, -0.2) is 4.98 Å². The number of anilines is 1. The van der Waals surface area contributed by atoms with E-state index in [0.717, 1.165) is 54.7 Å². The summed E-state index contributed by atoms with van der Waals surface area (Å²) in [7, 11) is 3.50. The van der Waals surface area contributed by atoms with Gasteiger partial charge in [-0.1, -0.05) is 12.1 Å². The van der Waals surface area contributed by atoms with Crippen LogP contribution in [0.3, 0.4) is 0 Å². The zero-order valence-corrected chi connectivity index (χ0v) is 16.7. The summed E-state index contributed by atoms with van der Waals surface area (Å²) in [5.41, 5.74) is 1.17. The molecule has 138 valence electrons. The zero-order chi connectivity index (χ0) is 18.4. The number of ether oxygens (including phenoxy) is 1. The number of pyridine rings is 1. The number of halogens is 1. The number of piperazine rings is 1. The Morgan fingerprint density at radius 3 is 2.65 bits per heavy atom. The third-order valence-electron chi connectivity index (χ3n) is 4.43. The molecule has 2 aromatic rings. The quantitative estimate of drug-likeness (QED) is 0.612. The predicted molar refractivity (Wildman–Crippen MR) is 109 cm³/mol. The van der Waals surface area contributed by atoms with Crippen molar-refractivity contribution in [1.82, 2.24) is 15.2 Å². The first-order valence-electron chi connectivity index (χ1n) is 8.65. The highest BCUT2D eigenvalue weighted by atomic mass is 79.9. The Labute approximate surface area is 163 Å². The molecule has 1 fully saturated rings. The largest absolute Gasteiger partial charge is 0.496 e. The lowest BCUT2D eigenvalue weighted by Crippen LogP contribution is -2.52. The number of benzene rings is 1. The Kier molecular flexibility index (Phi) is 6.33. The number of nitrogens with zero attached hydrogens (tertiary/aromatic N) is 4. The summed E-state index contributed by atoms with van der Waals surface area (Å²) in [6, 6.07) is 12.1. The van der Waals surface area contributed by atoms with Gasteiger partial charge in [0.25, 0.3) is 0 Å². The molecule has 1 saturated heterocycles. The van der Waals surface area contributed by atoms with E-state index in [0.29, 0.717) is 0 Å². The summed E-state index contributed by atoms with van der Waals surface area (Å²) < 4.78 is 6.24. The second-order valence-electron chi connectivity index (χ2n) is 6.03. The maximum Gasteiger partial charge on any atom is 0.194 e. The van der Waals surface area contributed by atoms with Gasteiger partial charge in [-0.15, -0.1) is 0 Å². The highest BCUT2D eigenvalue weighted by Crippen LogP contribution is 2.25. The van der Waals surface area contributed by atoms with E-state index >= 15 is 0 Å². The lowest BCUT2D eigenvalue weighted by molar-refractivity contribution is 0.371. The van der Waals surface area contributed by atoms with Crippen LogP contribution in [-0.2, 0) is 6.54 Å². The predicted octanol–water partition coefficient (Wildman–Crippen LogP) is 2.75. The van der Waals surface area contributed by atoms with Crippen molar-refractivity contribution in [2.24, 2.45) is 4.99 Å². The van der Waals surface area contributed by atoms with E-state index in [2.05, 4.69) is 59.2 Å². The molecule has 1 aromatic heterocycles. The summed E-state index contributed by atoms with van der Waals surface area (Å²) in [6.45, 7) is 4.43. The summed E-state index contributed by atoms with van der Waals surface area (Å²) >= 11 is 3.53. The molecule has 0 unspecified atom stereocenters.